The van der Waals surface area contributed by atoms with Crippen molar-refractivity contribution in [3.63, 3.8) is 0 Å². The summed E-state index contributed by atoms with van der Waals surface area (Å²) in [5.74, 6) is 0.456. The Balaban J connectivity index is 1.78. The zero-order valence-electron chi connectivity index (χ0n) is 18.3. The third-order valence-electron chi connectivity index (χ3n) is 8.89. The molecule has 0 amide bonds. The molecule has 1 aliphatic carbocycles. The van der Waals surface area contributed by atoms with E-state index in [2.05, 4.69) is 76.5 Å². The van der Waals surface area contributed by atoms with Crippen molar-refractivity contribution in [2.75, 3.05) is 6.54 Å². The van der Waals surface area contributed by atoms with Crippen LogP contribution in [0, 0.1) is 5.92 Å². The molecule has 0 radical (unpaired) electrons. The summed E-state index contributed by atoms with van der Waals surface area (Å²) in [7, 11) is 0. The van der Waals surface area contributed by atoms with Crippen LogP contribution in [0.5, 0.6) is 0 Å². The minimum absolute atomic E-state index is 0.00506. The zero-order chi connectivity index (χ0) is 21.4. The van der Waals surface area contributed by atoms with E-state index < -0.39 is 0 Å². The smallest absolute Gasteiger partial charge is 0.0749 e. The third-order valence-corrected chi connectivity index (χ3v) is 8.89. The van der Waals surface area contributed by atoms with Crippen molar-refractivity contribution >= 4 is 49.3 Å². The van der Waals surface area contributed by atoms with Crippen molar-refractivity contribution in [2.45, 2.75) is 37.9 Å². The van der Waals surface area contributed by atoms with Crippen LogP contribution in [0.4, 0.5) is 0 Å². The molecule has 158 valence electrons. The second-order valence-electron chi connectivity index (χ2n) is 10.3. The van der Waals surface area contributed by atoms with Crippen LogP contribution < -0.4 is 11.1 Å². The molecule has 4 heterocycles. The van der Waals surface area contributed by atoms with Gasteiger partial charge in [0.1, 0.15) is 0 Å². The second kappa shape index (κ2) is 5.38. The molecule has 8 rings (SSSR count). The summed E-state index contributed by atoms with van der Waals surface area (Å²) in [5.41, 5.74) is 15.7. The molecule has 5 aromatic rings. The number of hydrogen-bond acceptors (Lipinski definition) is 2. The number of aromatic nitrogens is 2. The van der Waals surface area contributed by atoms with E-state index in [1.54, 1.807) is 0 Å². The van der Waals surface area contributed by atoms with E-state index in [1.807, 2.05) is 0 Å². The van der Waals surface area contributed by atoms with Gasteiger partial charge < -0.3 is 20.2 Å². The number of hydrogen-bond donors (Lipinski definition) is 2. The van der Waals surface area contributed by atoms with E-state index in [0.29, 0.717) is 12.0 Å². The van der Waals surface area contributed by atoms with Crippen LogP contribution in [0.3, 0.4) is 0 Å². The minimum atomic E-state index is 0.00506. The predicted octanol–water partition coefficient (Wildman–Crippen LogP) is 5.61. The predicted molar refractivity (Wildman–Crippen MR) is 133 cm³/mol. The summed E-state index contributed by atoms with van der Waals surface area (Å²) in [5, 5.41) is 9.08. The third kappa shape index (κ3) is 1.68. The van der Waals surface area contributed by atoms with E-state index in [9.17, 15) is 0 Å². The van der Waals surface area contributed by atoms with E-state index >= 15 is 0 Å². The average molecular weight is 419 g/mol. The molecule has 4 nitrogen and oxygen atoms in total. The van der Waals surface area contributed by atoms with Crippen molar-refractivity contribution < 1.29 is 0 Å². The van der Waals surface area contributed by atoms with Crippen molar-refractivity contribution in [1.29, 1.82) is 0 Å². The molecule has 32 heavy (non-hydrogen) atoms. The lowest BCUT2D eigenvalue weighted by atomic mass is 9.88. The number of nitrogens with one attached hydrogen (secondary N) is 1. The minimum Gasteiger partial charge on any atom is -0.381 e. The molecule has 0 saturated heterocycles. The lowest BCUT2D eigenvalue weighted by molar-refractivity contribution is 0.251. The van der Waals surface area contributed by atoms with Gasteiger partial charge in [0, 0.05) is 62.0 Å². The SMILES string of the molecule is C=C1NCc2c1c1c3ccccc3n3c1c1c2c2ccccc2n1C1(C)CC3CC1CN. The van der Waals surface area contributed by atoms with Crippen LogP contribution in [0.15, 0.2) is 55.1 Å². The Labute approximate surface area is 186 Å². The summed E-state index contributed by atoms with van der Waals surface area (Å²) < 4.78 is 5.37. The highest BCUT2D eigenvalue weighted by molar-refractivity contribution is 6.27. The number of rotatable bonds is 1. The summed E-state index contributed by atoms with van der Waals surface area (Å²) in [6, 6.07) is 18.4. The van der Waals surface area contributed by atoms with Crippen LogP contribution in [0.1, 0.15) is 36.9 Å². The number of fused-ring (bicyclic) bond motifs is 13. The Bertz CT molecular complexity index is 1670. The topological polar surface area (TPSA) is 47.9 Å². The van der Waals surface area contributed by atoms with Crippen molar-refractivity contribution in [2.24, 2.45) is 11.7 Å². The van der Waals surface area contributed by atoms with Crippen LogP contribution >= 0.6 is 0 Å². The first-order chi connectivity index (χ1) is 15.6. The molecular formula is C28H26N4. The highest BCUT2D eigenvalue weighted by atomic mass is 15.2. The molecule has 3 atom stereocenters. The summed E-state index contributed by atoms with van der Waals surface area (Å²) in [6.45, 7) is 8.47. The van der Waals surface area contributed by atoms with E-state index in [-0.39, 0.29) is 5.54 Å². The maximum absolute atomic E-state index is 6.44. The van der Waals surface area contributed by atoms with Crippen molar-refractivity contribution in [1.82, 2.24) is 14.5 Å². The zero-order valence-corrected chi connectivity index (χ0v) is 18.3. The van der Waals surface area contributed by atoms with Crippen LogP contribution in [-0.4, -0.2) is 15.7 Å². The molecule has 3 aromatic carbocycles. The lowest BCUT2D eigenvalue weighted by Gasteiger charge is -2.34. The van der Waals surface area contributed by atoms with Gasteiger partial charge in [0.15, 0.2) is 0 Å². The number of nitrogens with two attached hydrogens (primary N) is 1. The standard InChI is InChI=1S/C28H26N4/c1-15-23-20(14-30-15)24-19-8-4-6-10-22(19)32-27(24)26-25(23)18-7-3-5-9-21(18)31(26)17-11-16(13-29)28(32,2)12-17/h3-10,16-17,30H,1,11-14,29H2,2H3. The monoisotopic (exact) mass is 418 g/mol. The molecule has 2 aromatic heterocycles. The number of nitrogens with zero attached hydrogens (tertiary/aromatic N) is 2. The maximum Gasteiger partial charge on any atom is 0.0749 e. The molecular weight excluding hydrogens is 392 g/mol. The van der Waals surface area contributed by atoms with Gasteiger partial charge in [0.25, 0.3) is 0 Å². The molecule has 2 bridgehead atoms. The summed E-state index contributed by atoms with van der Waals surface area (Å²) in [4.78, 5) is 0. The van der Waals surface area contributed by atoms with Gasteiger partial charge in [-0.1, -0.05) is 43.0 Å². The highest BCUT2D eigenvalue weighted by Crippen LogP contribution is 2.57. The van der Waals surface area contributed by atoms with Crippen LogP contribution in [0.25, 0.3) is 49.3 Å². The molecule has 0 spiro atoms. The highest BCUT2D eigenvalue weighted by Gasteiger charge is 2.49. The van der Waals surface area contributed by atoms with Crippen LogP contribution in [0.2, 0.25) is 0 Å². The molecule has 2 aliphatic heterocycles. The van der Waals surface area contributed by atoms with E-state index in [0.717, 1.165) is 31.6 Å². The van der Waals surface area contributed by atoms with Gasteiger partial charge in [-0.15, -0.1) is 0 Å². The maximum atomic E-state index is 6.44. The van der Waals surface area contributed by atoms with Crippen molar-refractivity contribution in [3.8, 4) is 0 Å². The lowest BCUT2D eigenvalue weighted by Crippen LogP contribution is -2.37. The Morgan fingerprint density at radius 1 is 1.03 bits per heavy atom. The van der Waals surface area contributed by atoms with Gasteiger partial charge in [-0.25, -0.2) is 0 Å². The Kier molecular flexibility index (Phi) is 2.92. The van der Waals surface area contributed by atoms with Crippen molar-refractivity contribution in [3.05, 3.63) is 66.2 Å². The molecule has 4 heteroatoms. The number of benzene rings is 3. The van der Waals surface area contributed by atoms with E-state index in [1.165, 1.54) is 54.7 Å². The summed E-state index contributed by atoms with van der Waals surface area (Å²) >= 11 is 0. The first-order valence-electron chi connectivity index (χ1n) is 11.8. The van der Waals surface area contributed by atoms with Gasteiger partial charge in [0.05, 0.1) is 11.0 Å². The van der Waals surface area contributed by atoms with Gasteiger partial charge in [0.2, 0.25) is 0 Å². The number of para-hydroxylation sites is 2. The van der Waals surface area contributed by atoms with Gasteiger partial charge >= 0.3 is 0 Å². The summed E-state index contributed by atoms with van der Waals surface area (Å²) in [6.07, 6.45) is 2.25. The fourth-order valence-electron chi connectivity index (χ4n) is 7.63. The Morgan fingerprint density at radius 2 is 1.75 bits per heavy atom. The quantitative estimate of drug-likeness (QED) is 0.371. The first-order valence-corrected chi connectivity index (χ1v) is 11.8. The Hall–Kier alpha value is -3.24. The van der Waals surface area contributed by atoms with Crippen LogP contribution in [-0.2, 0) is 12.1 Å². The van der Waals surface area contributed by atoms with Gasteiger partial charge in [-0.2, -0.15) is 0 Å². The van der Waals surface area contributed by atoms with E-state index in [4.69, 9.17) is 5.73 Å². The fourth-order valence-corrected chi connectivity index (χ4v) is 7.63. The second-order valence-corrected chi connectivity index (χ2v) is 10.3. The average Bonchev–Trinajstić information content (AvgIpc) is 3.51. The fraction of sp³-hybridized carbons (Fsp3) is 0.286. The largest absolute Gasteiger partial charge is 0.381 e. The first kappa shape index (κ1) is 17.3. The molecule has 3 aliphatic rings. The van der Waals surface area contributed by atoms with Gasteiger partial charge in [-0.3, -0.25) is 0 Å². The normalized spacial score (nSPS) is 26.0. The molecule has 3 N–H and O–H groups in total. The molecule has 1 saturated carbocycles. The Morgan fingerprint density at radius 3 is 2.53 bits per heavy atom. The molecule has 1 fully saturated rings. The van der Waals surface area contributed by atoms with Gasteiger partial charge in [-0.05, 0) is 49.9 Å². The molecule has 3 unspecified atom stereocenters.